The highest BCUT2D eigenvalue weighted by atomic mass is 19.1. The third-order valence-corrected chi connectivity index (χ3v) is 4.06. The van der Waals surface area contributed by atoms with E-state index in [-0.39, 0.29) is 12.2 Å². The van der Waals surface area contributed by atoms with Crippen LogP contribution in [0.15, 0.2) is 54.6 Å². The molecule has 2 atom stereocenters. The number of rotatable bonds is 8. The SMILES string of the molecule is FCCCOc1ccccc1OC(c1ccccc1)[C@@H]1CNCCO1. The number of morpholine rings is 1. The van der Waals surface area contributed by atoms with Crippen LogP contribution in [0.25, 0.3) is 0 Å². The molecule has 5 heteroatoms. The Morgan fingerprint density at radius 2 is 1.84 bits per heavy atom. The standard InChI is InChI=1S/C20H24FNO3/c21-11-6-13-23-17-9-4-5-10-18(17)25-20(16-7-2-1-3-8-16)19-15-22-12-14-24-19/h1-5,7-10,19-20,22H,6,11-15H2/t19-,20?/m0/s1. The van der Waals surface area contributed by atoms with Crippen molar-refractivity contribution in [3.8, 4) is 11.5 Å². The Labute approximate surface area is 147 Å². The average Bonchev–Trinajstić information content (AvgIpc) is 2.69. The molecule has 2 aromatic rings. The summed E-state index contributed by atoms with van der Waals surface area (Å²) in [6.07, 6.45) is 0.0292. The van der Waals surface area contributed by atoms with Gasteiger partial charge in [-0.1, -0.05) is 42.5 Å². The molecule has 0 aromatic heterocycles. The second-order valence-corrected chi connectivity index (χ2v) is 5.90. The van der Waals surface area contributed by atoms with Gasteiger partial charge >= 0.3 is 0 Å². The Hall–Kier alpha value is -2.11. The predicted octanol–water partition coefficient (Wildman–Crippen LogP) is 3.53. The van der Waals surface area contributed by atoms with Gasteiger partial charge in [-0.25, -0.2) is 0 Å². The van der Waals surface area contributed by atoms with Crippen molar-refractivity contribution >= 4 is 0 Å². The van der Waals surface area contributed by atoms with Gasteiger partial charge in [-0.05, 0) is 17.7 Å². The molecule has 1 N–H and O–H groups in total. The maximum Gasteiger partial charge on any atom is 0.162 e. The Morgan fingerprint density at radius 1 is 1.08 bits per heavy atom. The van der Waals surface area contributed by atoms with Gasteiger partial charge in [-0.3, -0.25) is 4.39 Å². The second-order valence-electron chi connectivity index (χ2n) is 5.90. The Kier molecular flexibility index (Phi) is 6.65. The highest BCUT2D eigenvalue weighted by molar-refractivity contribution is 5.40. The van der Waals surface area contributed by atoms with Gasteiger partial charge in [0.2, 0.25) is 0 Å². The zero-order chi connectivity index (χ0) is 17.3. The molecule has 3 rings (SSSR count). The van der Waals surface area contributed by atoms with Crippen molar-refractivity contribution in [2.24, 2.45) is 0 Å². The van der Waals surface area contributed by atoms with Gasteiger partial charge in [0.15, 0.2) is 17.6 Å². The summed E-state index contributed by atoms with van der Waals surface area (Å²) in [5.74, 6) is 1.27. The van der Waals surface area contributed by atoms with Crippen molar-refractivity contribution in [2.75, 3.05) is 33.0 Å². The van der Waals surface area contributed by atoms with Gasteiger partial charge in [0.05, 0.1) is 19.9 Å². The molecule has 1 unspecified atom stereocenters. The lowest BCUT2D eigenvalue weighted by Gasteiger charge is -2.32. The lowest BCUT2D eigenvalue weighted by molar-refractivity contribution is -0.0439. The number of hydrogen-bond donors (Lipinski definition) is 1. The van der Waals surface area contributed by atoms with Crippen molar-refractivity contribution in [1.29, 1.82) is 0 Å². The van der Waals surface area contributed by atoms with E-state index in [1.807, 2.05) is 54.6 Å². The van der Waals surface area contributed by atoms with Crippen LogP contribution < -0.4 is 14.8 Å². The molecule has 1 aliphatic rings. The molecule has 1 aliphatic heterocycles. The van der Waals surface area contributed by atoms with Gasteiger partial charge in [-0.15, -0.1) is 0 Å². The molecular formula is C20H24FNO3. The van der Waals surface area contributed by atoms with Crippen molar-refractivity contribution in [3.05, 3.63) is 60.2 Å². The molecule has 0 saturated carbocycles. The first kappa shape index (κ1) is 17.7. The van der Waals surface area contributed by atoms with E-state index in [1.165, 1.54) is 0 Å². The summed E-state index contributed by atoms with van der Waals surface area (Å²) in [5.41, 5.74) is 1.05. The molecule has 1 heterocycles. The number of hydrogen-bond acceptors (Lipinski definition) is 4. The summed E-state index contributed by atoms with van der Waals surface area (Å²) >= 11 is 0. The molecule has 134 valence electrons. The van der Waals surface area contributed by atoms with Crippen LogP contribution in [0.4, 0.5) is 4.39 Å². The van der Waals surface area contributed by atoms with Crippen LogP contribution in [0.3, 0.4) is 0 Å². The van der Waals surface area contributed by atoms with Crippen LogP contribution in [0.1, 0.15) is 18.1 Å². The first-order chi connectivity index (χ1) is 12.4. The van der Waals surface area contributed by atoms with Gasteiger partial charge in [0.1, 0.15) is 6.10 Å². The predicted molar refractivity (Wildman–Crippen MR) is 94.9 cm³/mol. The summed E-state index contributed by atoms with van der Waals surface area (Å²) in [6.45, 7) is 2.17. The molecule has 1 saturated heterocycles. The number of ether oxygens (including phenoxy) is 3. The van der Waals surface area contributed by atoms with Gasteiger partial charge in [0.25, 0.3) is 0 Å². The van der Waals surface area contributed by atoms with E-state index < -0.39 is 6.67 Å². The van der Waals surface area contributed by atoms with Crippen LogP contribution in [-0.4, -0.2) is 39.1 Å². The molecule has 0 aliphatic carbocycles. The second kappa shape index (κ2) is 9.39. The largest absolute Gasteiger partial charge is 0.490 e. The number of benzene rings is 2. The highest BCUT2D eigenvalue weighted by Crippen LogP contribution is 2.33. The topological polar surface area (TPSA) is 39.7 Å². The van der Waals surface area contributed by atoms with Gasteiger partial charge < -0.3 is 19.5 Å². The summed E-state index contributed by atoms with van der Waals surface area (Å²) in [7, 11) is 0. The maximum atomic E-state index is 12.3. The summed E-state index contributed by atoms with van der Waals surface area (Å²) in [6, 6.07) is 17.5. The third kappa shape index (κ3) is 4.94. The molecule has 0 bridgehead atoms. The van der Waals surface area contributed by atoms with Crippen LogP contribution in [0.5, 0.6) is 11.5 Å². The average molecular weight is 345 g/mol. The van der Waals surface area contributed by atoms with E-state index in [1.54, 1.807) is 0 Å². The summed E-state index contributed by atoms with van der Waals surface area (Å²) < 4.78 is 30.3. The number of para-hydroxylation sites is 2. The number of nitrogens with one attached hydrogen (secondary N) is 1. The van der Waals surface area contributed by atoms with Crippen LogP contribution in [0.2, 0.25) is 0 Å². The van der Waals surface area contributed by atoms with Crippen molar-refractivity contribution in [1.82, 2.24) is 5.32 Å². The van der Waals surface area contributed by atoms with Gasteiger partial charge in [0, 0.05) is 19.5 Å². The fourth-order valence-electron chi connectivity index (χ4n) is 2.82. The van der Waals surface area contributed by atoms with Crippen molar-refractivity contribution < 1.29 is 18.6 Å². The fraction of sp³-hybridized carbons (Fsp3) is 0.400. The van der Waals surface area contributed by atoms with E-state index in [0.717, 1.165) is 18.7 Å². The van der Waals surface area contributed by atoms with Crippen LogP contribution in [-0.2, 0) is 4.74 Å². The Morgan fingerprint density at radius 3 is 2.56 bits per heavy atom. The monoisotopic (exact) mass is 345 g/mol. The molecule has 4 nitrogen and oxygen atoms in total. The minimum Gasteiger partial charge on any atom is -0.490 e. The highest BCUT2D eigenvalue weighted by Gasteiger charge is 2.28. The van der Waals surface area contributed by atoms with Crippen molar-refractivity contribution in [2.45, 2.75) is 18.6 Å². The zero-order valence-corrected chi connectivity index (χ0v) is 14.2. The molecule has 1 fully saturated rings. The minimum atomic E-state index is -0.392. The maximum absolute atomic E-state index is 12.3. The molecule has 2 aromatic carbocycles. The first-order valence-electron chi connectivity index (χ1n) is 8.70. The molecule has 0 amide bonds. The first-order valence-corrected chi connectivity index (χ1v) is 8.70. The molecule has 0 radical (unpaired) electrons. The van der Waals surface area contributed by atoms with E-state index in [0.29, 0.717) is 31.1 Å². The lowest BCUT2D eigenvalue weighted by atomic mass is 10.0. The summed E-state index contributed by atoms with van der Waals surface area (Å²) in [5, 5.41) is 3.35. The molecule has 0 spiro atoms. The van der Waals surface area contributed by atoms with E-state index in [2.05, 4.69) is 5.32 Å². The number of halogens is 1. The third-order valence-electron chi connectivity index (χ3n) is 4.06. The number of alkyl halides is 1. The van der Waals surface area contributed by atoms with Gasteiger partial charge in [-0.2, -0.15) is 0 Å². The fourth-order valence-corrected chi connectivity index (χ4v) is 2.82. The Bertz CT molecular complexity index is 632. The quantitative estimate of drug-likeness (QED) is 0.743. The van der Waals surface area contributed by atoms with Crippen LogP contribution >= 0.6 is 0 Å². The lowest BCUT2D eigenvalue weighted by Crippen LogP contribution is -2.43. The molecular weight excluding hydrogens is 321 g/mol. The Balaban J connectivity index is 1.80. The normalized spacial score (nSPS) is 18.5. The summed E-state index contributed by atoms with van der Waals surface area (Å²) in [4.78, 5) is 0. The van der Waals surface area contributed by atoms with E-state index >= 15 is 0 Å². The van der Waals surface area contributed by atoms with E-state index in [9.17, 15) is 4.39 Å². The smallest absolute Gasteiger partial charge is 0.162 e. The van der Waals surface area contributed by atoms with Crippen LogP contribution in [0, 0.1) is 0 Å². The van der Waals surface area contributed by atoms with Crippen molar-refractivity contribution in [3.63, 3.8) is 0 Å². The molecule has 25 heavy (non-hydrogen) atoms. The minimum absolute atomic E-state index is 0.0879. The zero-order valence-electron chi connectivity index (χ0n) is 14.2. The van der Waals surface area contributed by atoms with E-state index in [4.69, 9.17) is 14.2 Å².